The van der Waals surface area contributed by atoms with Gasteiger partial charge in [-0.2, -0.15) is 0 Å². The van der Waals surface area contributed by atoms with E-state index in [2.05, 4.69) is 21.9 Å². The molecule has 20 heavy (non-hydrogen) atoms. The molecule has 2 N–H and O–H groups in total. The molecule has 108 valence electrons. The van der Waals surface area contributed by atoms with Crippen LogP contribution in [0.25, 0.3) is 0 Å². The molecule has 0 aliphatic rings. The van der Waals surface area contributed by atoms with Crippen molar-refractivity contribution in [3.05, 3.63) is 40.8 Å². The third-order valence-electron chi connectivity index (χ3n) is 2.58. The SMILES string of the molecule is CCCNCc1cc(S(=O)(=O)Nc2cccnc2)cs1. The van der Waals surface area contributed by atoms with Crippen molar-refractivity contribution in [2.24, 2.45) is 0 Å². The third kappa shape index (κ3) is 4.03. The Morgan fingerprint density at radius 3 is 2.95 bits per heavy atom. The highest BCUT2D eigenvalue weighted by Crippen LogP contribution is 2.21. The Labute approximate surface area is 123 Å². The zero-order valence-electron chi connectivity index (χ0n) is 11.2. The van der Waals surface area contributed by atoms with Crippen LogP contribution in [0.1, 0.15) is 18.2 Å². The lowest BCUT2D eigenvalue weighted by atomic mass is 10.4. The molecule has 7 heteroatoms. The molecular weight excluding hydrogens is 294 g/mol. The summed E-state index contributed by atoms with van der Waals surface area (Å²) in [5, 5.41) is 4.91. The van der Waals surface area contributed by atoms with Crippen molar-refractivity contribution >= 4 is 27.0 Å². The lowest BCUT2D eigenvalue weighted by Crippen LogP contribution is -2.13. The van der Waals surface area contributed by atoms with Gasteiger partial charge in [0.2, 0.25) is 0 Å². The zero-order chi connectivity index (χ0) is 14.4. The fourth-order valence-electron chi connectivity index (χ4n) is 1.62. The first-order valence-electron chi connectivity index (χ1n) is 6.33. The van der Waals surface area contributed by atoms with Crippen molar-refractivity contribution in [3.8, 4) is 0 Å². The van der Waals surface area contributed by atoms with Crippen molar-refractivity contribution in [1.82, 2.24) is 10.3 Å². The maximum Gasteiger partial charge on any atom is 0.262 e. The van der Waals surface area contributed by atoms with Gasteiger partial charge in [-0.15, -0.1) is 11.3 Å². The highest BCUT2D eigenvalue weighted by Gasteiger charge is 2.16. The Kier molecular flexibility index (Phi) is 5.11. The maximum atomic E-state index is 12.2. The molecule has 0 aliphatic carbocycles. The van der Waals surface area contributed by atoms with Crippen LogP contribution in [0.2, 0.25) is 0 Å². The third-order valence-corrected chi connectivity index (χ3v) is 5.03. The van der Waals surface area contributed by atoms with Crippen LogP contribution in [0.5, 0.6) is 0 Å². The van der Waals surface area contributed by atoms with E-state index in [1.807, 2.05) is 0 Å². The summed E-state index contributed by atoms with van der Waals surface area (Å²) in [6.07, 6.45) is 4.13. The van der Waals surface area contributed by atoms with E-state index in [1.54, 1.807) is 29.8 Å². The van der Waals surface area contributed by atoms with Crippen molar-refractivity contribution in [3.63, 3.8) is 0 Å². The predicted octanol–water partition coefficient (Wildman–Crippen LogP) is 2.44. The summed E-state index contributed by atoms with van der Waals surface area (Å²) in [7, 11) is -3.53. The van der Waals surface area contributed by atoms with E-state index in [4.69, 9.17) is 0 Å². The van der Waals surface area contributed by atoms with Gasteiger partial charge in [0, 0.05) is 23.0 Å². The van der Waals surface area contributed by atoms with Crippen LogP contribution >= 0.6 is 11.3 Å². The van der Waals surface area contributed by atoms with Crippen LogP contribution in [-0.4, -0.2) is 19.9 Å². The van der Waals surface area contributed by atoms with E-state index in [-0.39, 0.29) is 0 Å². The average Bonchev–Trinajstić information content (AvgIpc) is 2.89. The number of nitrogens with one attached hydrogen (secondary N) is 2. The smallest absolute Gasteiger partial charge is 0.262 e. The second kappa shape index (κ2) is 6.83. The van der Waals surface area contributed by atoms with Crippen LogP contribution in [0.3, 0.4) is 0 Å². The van der Waals surface area contributed by atoms with Crippen molar-refractivity contribution in [2.45, 2.75) is 24.8 Å². The zero-order valence-corrected chi connectivity index (χ0v) is 12.8. The number of nitrogens with zero attached hydrogens (tertiary/aromatic N) is 1. The molecule has 0 unspecified atom stereocenters. The Bertz CT molecular complexity index is 639. The van der Waals surface area contributed by atoms with Gasteiger partial charge >= 0.3 is 0 Å². The quantitative estimate of drug-likeness (QED) is 0.771. The Morgan fingerprint density at radius 2 is 2.25 bits per heavy atom. The lowest BCUT2D eigenvalue weighted by molar-refractivity contribution is 0.601. The van der Waals surface area contributed by atoms with Crippen molar-refractivity contribution < 1.29 is 8.42 Å². The molecule has 0 bridgehead atoms. The largest absolute Gasteiger partial charge is 0.312 e. The predicted molar refractivity (Wildman–Crippen MR) is 81.4 cm³/mol. The molecule has 2 aromatic heterocycles. The average molecular weight is 311 g/mol. The number of anilines is 1. The van der Waals surface area contributed by atoms with E-state index in [0.29, 0.717) is 17.1 Å². The first-order chi connectivity index (χ1) is 9.62. The van der Waals surface area contributed by atoms with Crippen molar-refractivity contribution in [2.75, 3.05) is 11.3 Å². The van der Waals surface area contributed by atoms with Crippen molar-refractivity contribution in [1.29, 1.82) is 0 Å². The minimum Gasteiger partial charge on any atom is -0.312 e. The molecule has 0 spiro atoms. The second-order valence-corrected chi connectivity index (χ2v) is 6.95. The highest BCUT2D eigenvalue weighted by atomic mass is 32.2. The first kappa shape index (κ1) is 15.0. The first-order valence-corrected chi connectivity index (χ1v) is 8.69. The normalized spacial score (nSPS) is 11.4. The molecule has 2 rings (SSSR count). The van der Waals surface area contributed by atoms with Crippen LogP contribution in [0.15, 0.2) is 40.9 Å². The Morgan fingerprint density at radius 1 is 1.40 bits per heavy atom. The van der Waals surface area contributed by atoms with Gasteiger partial charge < -0.3 is 5.32 Å². The molecular formula is C13H17N3O2S2. The summed E-state index contributed by atoms with van der Waals surface area (Å²) in [6, 6.07) is 5.05. The van der Waals surface area contributed by atoms with Gasteiger partial charge in [-0.25, -0.2) is 8.42 Å². The fraction of sp³-hybridized carbons (Fsp3) is 0.308. The molecule has 0 saturated heterocycles. The summed E-state index contributed by atoms with van der Waals surface area (Å²) in [4.78, 5) is 5.18. The maximum absolute atomic E-state index is 12.2. The molecule has 0 saturated carbocycles. The van der Waals surface area contributed by atoms with E-state index >= 15 is 0 Å². The van der Waals surface area contributed by atoms with Gasteiger partial charge in [0.25, 0.3) is 10.0 Å². The summed E-state index contributed by atoms with van der Waals surface area (Å²) in [5.41, 5.74) is 0.462. The minimum atomic E-state index is -3.53. The van der Waals surface area contributed by atoms with E-state index in [1.165, 1.54) is 17.5 Å². The van der Waals surface area contributed by atoms with Crippen LogP contribution in [-0.2, 0) is 16.6 Å². The number of hydrogen-bond acceptors (Lipinski definition) is 5. The highest BCUT2D eigenvalue weighted by molar-refractivity contribution is 7.92. The standard InChI is InChI=1S/C13H17N3O2S2/c1-2-5-14-9-12-7-13(10-19-12)20(17,18)16-11-4-3-6-15-8-11/h3-4,6-8,10,14,16H,2,5,9H2,1H3. The number of sulfonamides is 1. The summed E-state index contributed by atoms with van der Waals surface area (Å²) in [5.74, 6) is 0. The van der Waals surface area contributed by atoms with Gasteiger partial charge in [-0.3, -0.25) is 9.71 Å². The number of hydrogen-bond donors (Lipinski definition) is 2. The monoisotopic (exact) mass is 311 g/mol. The fourth-order valence-corrected chi connectivity index (χ4v) is 3.91. The van der Waals surface area contributed by atoms with Crippen LogP contribution < -0.4 is 10.0 Å². The number of rotatable bonds is 7. The van der Waals surface area contributed by atoms with Gasteiger partial charge in [0.1, 0.15) is 0 Å². The molecule has 0 amide bonds. The molecule has 2 aromatic rings. The van der Waals surface area contributed by atoms with E-state index in [0.717, 1.165) is 17.8 Å². The molecule has 0 atom stereocenters. The number of pyridine rings is 1. The second-order valence-electron chi connectivity index (χ2n) is 4.27. The molecule has 0 aromatic carbocycles. The van der Waals surface area contributed by atoms with Gasteiger partial charge in [-0.1, -0.05) is 6.92 Å². The number of thiophene rings is 1. The minimum absolute atomic E-state index is 0.291. The van der Waals surface area contributed by atoms with E-state index in [9.17, 15) is 8.42 Å². The van der Waals surface area contributed by atoms with Crippen LogP contribution in [0.4, 0.5) is 5.69 Å². The molecule has 5 nitrogen and oxygen atoms in total. The summed E-state index contributed by atoms with van der Waals surface area (Å²) < 4.78 is 26.9. The van der Waals surface area contributed by atoms with E-state index < -0.39 is 10.0 Å². The Balaban J connectivity index is 2.06. The Hall–Kier alpha value is -1.44. The summed E-state index contributed by atoms with van der Waals surface area (Å²) in [6.45, 7) is 3.71. The van der Waals surface area contributed by atoms with Gasteiger partial charge in [0.05, 0.1) is 16.8 Å². The molecule has 0 fully saturated rings. The molecule has 2 heterocycles. The van der Waals surface area contributed by atoms with Gasteiger partial charge in [0.15, 0.2) is 0 Å². The summed E-state index contributed by atoms with van der Waals surface area (Å²) >= 11 is 1.44. The van der Waals surface area contributed by atoms with Crippen LogP contribution in [0, 0.1) is 0 Å². The molecule has 0 radical (unpaired) electrons. The topological polar surface area (TPSA) is 71.1 Å². The molecule has 0 aliphatic heterocycles. The lowest BCUT2D eigenvalue weighted by Gasteiger charge is -2.05. The number of aromatic nitrogens is 1. The van der Waals surface area contributed by atoms with Gasteiger partial charge in [-0.05, 0) is 31.2 Å².